The molecule has 90 valence electrons. The second-order valence-electron chi connectivity index (χ2n) is 4.66. The summed E-state index contributed by atoms with van der Waals surface area (Å²) in [6, 6.07) is 0.151. The van der Waals surface area contributed by atoms with E-state index in [2.05, 4.69) is 18.8 Å². The molecule has 0 bridgehead atoms. The Kier molecular flexibility index (Phi) is 4.30. The molecular formula is C13H22N2O. The van der Waals surface area contributed by atoms with Crippen molar-refractivity contribution in [3.63, 3.8) is 0 Å². The SMILES string of the molecule is COc1c(C)cnc(CC(N)C(C)C)c1C. The van der Waals surface area contributed by atoms with Gasteiger partial charge in [0.2, 0.25) is 0 Å². The maximum Gasteiger partial charge on any atom is 0.128 e. The van der Waals surface area contributed by atoms with Crippen LogP contribution in [-0.4, -0.2) is 18.1 Å². The van der Waals surface area contributed by atoms with Gasteiger partial charge in [-0.05, 0) is 19.8 Å². The Morgan fingerprint density at radius 3 is 2.50 bits per heavy atom. The van der Waals surface area contributed by atoms with Crippen LogP contribution >= 0.6 is 0 Å². The van der Waals surface area contributed by atoms with E-state index in [-0.39, 0.29) is 6.04 Å². The Morgan fingerprint density at radius 1 is 1.38 bits per heavy atom. The predicted octanol–water partition coefficient (Wildman–Crippen LogP) is 2.23. The molecule has 0 fully saturated rings. The van der Waals surface area contributed by atoms with Crippen molar-refractivity contribution in [2.45, 2.75) is 40.2 Å². The van der Waals surface area contributed by atoms with E-state index in [1.54, 1.807) is 7.11 Å². The zero-order valence-corrected chi connectivity index (χ0v) is 10.9. The third-order valence-electron chi connectivity index (χ3n) is 3.04. The molecule has 1 aromatic rings. The topological polar surface area (TPSA) is 48.1 Å². The summed E-state index contributed by atoms with van der Waals surface area (Å²) in [7, 11) is 1.70. The number of methoxy groups -OCH3 is 1. The Balaban J connectivity index is 2.98. The highest BCUT2D eigenvalue weighted by Gasteiger charge is 2.14. The normalized spacial score (nSPS) is 12.9. The minimum Gasteiger partial charge on any atom is -0.496 e. The van der Waals surface area contributed by atoms with E-state index in [0.717, 1.165) is 29.0 Å². The molecule has 0 aliphatic heterocycles. The van der Waals surface area contributed by atoms with Crippen molar-refractivity contribution in [3.05, 3.63) is 23.0 Å². The molecule has 1 aromatic heterocycles. The maximum absolute atomic E-state index is 6.07. The fraction of sp³-hybridized carbons (Fsp3) is 0.615. The van der Waals surface area contributed by atoms with Crippen molar-refractivity contribution in [1.29, 1.82) is 0 Å². The summed E-state index contributed by atoms with van der Waals surface area (Å²) < 4.78 is 5.38. The molecule has 0 spiro atoms. The van der Waals surface area contributed by atoms with Gasteiger partial charge in [0.15, 0.2) is 0 Å². The van der Waals surface area contributed by atoms with Gasteiger partial charge in [0, 0.05) is 35.5 Å². The van der Waals surface area contributed by atoms with Crippen LogP contribution in [0.25, 0.3) is 0 Å². The minimum absolute atomic E-state index is 0.151. The lowest BCUT2D eigenvalue weighted by atomic mass is 9.97. The maximum atomic E-state index is 6.07. The quantitative estimate of drug-likeness (QED) is 0.850. The summed E-state index contributed by atoms with van der Waals surface area (Å²) in [4.78, 5) is 4.45. The average molecular weight is 222 g/mol. The van der Waals surface area contributed by atoms with E-state index in [4.69, 9.17) is 10.5 Å². The first-order valence-corrected chi connectivity index (χ1v) is 5.72. The molecule has 1 rings (SSSR count). The van der Waals surface area contributed by atoms with Gasteiger partial charge in [-0.3, -0.25) is 4.98 Å². The Bertz CT molecular complexity index is 361. The van der Waals surface area contributed by atoms with Crippen LogP contribution in [-0.2, 0) is 6.42 Å². The lowest BCUT2D eigenvalue weighted by molar-refractivity contribution is 0.405. The van der Waals surface area contributed by atoms with E-state index in [1.165, 1.54) is 0 Å². The van der Waals surface area contributed by atoms with Crippen molar-refractivity contribution in [2.75, 3.05) is 7.11 Å². The lowest BCUT2D eigenvalue weighted by Crippen LogP contribution is -2.29. The Labute approximate surface area is 98.0 Å². The first-order chi connectivity index (χ1) is 7.47. The van der Waals surface area contributed by atoms with Gasteiger partial charge in [-0.2, -0.15) is 0 Å². The van der Waals surface area contributed by atoms with Gasteiger partial charge >= 0.3 is 0 Å². The van der Waals surface area contributed by atoms with Crippen LogP contribution in [0.4, 0.5) is 0 Å². The average Bonchev–Trinajstić information content (AvgIpc) is 2.22. The van der Waals surface area contributed by atoms with Gasteiger partial charge in [0.25, 0.3) is 0 Å². The molecule has 16 heavy (non-hydrogen) atoms. The molecule has 1 unspecified atom stereocenters. The monoisotopic (exact) mass is 222 g/mol. The largest absolute Gasteiger partial charge is 0.496 e. The van der Waals surface area contributed by atoms with Crippen molar-refractivity contribution < 1.29 is 4.74 Å². The second kappa shape index (κ2) is 5.30. The van der Waals surface area contributed by atoms with E-state index in [9.17, 15) is 0 Å². The summed E-state index contributed by atoms with van der Waals surface area (Å²) in [5, 5.41) is 0. The Morgan fingerprint density at radius 2 is 2.00 bits per heavy atom. The van der Waals surface area contributed by atoms with E-state index < -0.39 is 0 Å². The van der Waals surface area contributed by atoms with Crippen LogP contribution < -0.4 is 10.5 Å². The number of aryl methyl sites for hydroxylation is 1. The van der Waals surface area contributed by atoms with Crippen molar-refractivity contribution in [2.24, 2.45) is 11.7 Å². The van der Waals surface area contributed by atoms with Gasteiger partial charge in [0.1, 0.15) is 5.75 Å². The highest BCUT2D eigenvalue weighted by Crippen LogP contribution is 2.24. The number of pyridine rings is 1. The summed E-state index contributed by atoms with van der Waals surface area (Å²) in [5.41, 5.74) is 9.29. The summed E-state index contributed by atoms with van der Waals surface area (Å²) in [6.07, 6.45) is 2.66. The van der Waals surface area contributed by atoms with Crippen LogP contribution in [0.3, 0.4) is 0 Å². The van der Waals surface area contributed by atoms with Gasteiger partial charge < -0.3 is 10.5 Å². The fourth-order valence-corrected chi connectivity index (χ4v) is 1.74. The molecule has 0 saturated heterocycles. The number of rotatable bonds is 4. The van der Waals surface area contributed by atoms with Crippen LogP contribution in [0.15, 0.2) is 6.20 Å². The molecule has 0 radical (unpaired) electrons. The molecule has 0 saturated carbocycles. The van der Waals surface area contributed by atoms with E-state index in [0.29, 0.717) is 5.92 Å². The third kappa shape index (κ3) is 2.73. The number of aromatic nitrogens is 1. The third-order valence-corrected chi connectivity index (χ3v) is 3.04. The van der Waals surface area contributed by atoms with Gasteiger partial charge in [0.05, 0.1) is 7.11 Å². The van der Waals surface area contributed by atoms with Crippen LogP contribution in [0, 0.1) is 19.8 Å². The highest BCUT2D eigenvalue weighted by molar-refractivity contribution is 5.41. The standard InChI is InChI=1S/C13H22N2O/c1-8(2)11(14)6-12-10(4)13(16-5)9(3)7-15-12/h7-8,11H,6,14H2,1-5H3. The molecule has 0 aliphatic carbocycles. The number of hydrogen-bond acceptors (Lipinski definition) is 3. The van der Waals surface area contributed by atoms with Gasteiger partial charge in [-0.1, -0.05) is 13.8 Å². The summed E-state index contributed by atoms with van der Waals surface area (Å²) in [6.45, 7) is 8.31. The first-order valence-electron chi connectivity index (χ1n) is 5.72. The van der Waals surface area contributed by atoms with Gasteiger partial charge in [-0.15, -0.1) is 0 Å². The van der Waals surface area contributed by atoms with Crippen LogP contribution in [0.1, 0.15) is 30.7 Å². The van der Waals surface area contributed by atoms with Gasteiger partial charge in [-0.25, -0.2) is 0 Å². The molecule has 1 atom stereocenters. The van der Waals surface area contributed by atoms with E-state index in [1.807, 2.05) is 20.0 Å². The predicted molar refractivity (Wildman–Crippen MR) is 66.8 cm³/mol. The molecule has 1 heterocycles. The van der Waals surface area contributed by atoms with Crippen molar-refractivity contribution >= 4 is 0 Å². The highest BCUT2D eigenvalue weighted by atomic mass is 16.5. The van der Waals surface area contributed by atoms with Crippen LogP contribution in [0.2, 0.25) is 0 Å². The minimum atomic E-state index is 0.151. The van der Waals surface area contributed by atoms with Crippen molar-refractivity contribution in [1.82, 2.24) is 4.98 Å². The molecule has 3 nitrogen and oxygen atoms in total. The zero-order chi connectivity index (χ0) is 12.3. The van der Waals surface area contributed by atoms with Crippen LogP contribution in [0.5, 0.6) is 5.75 Å². The number of ether oxygens (including phenoxy) is 1. The number of nitrogens with two attached hydrogens (primary N) is 1. The van der Waals surface area contributed by atoms with E-state index >= 15 is 0 Å². The summed E-state index contributed by atoms with van der Waals surface area (Å²) >= 11 is 0. The Hall–Kier alpha value is -1.09. The fourth-order valence-electron chi connectivity index (χ4n) is 1.74. The number of hydrogen-bond donors (Lipinski definition) is 1. The molecule has 0 aromatic carbocycles. The number of nitrogens with zero attached hydrogens (tertiary/aromatic N) is 1. The smallest absolute Gasteiger partial charge is 0.128 e. The lowest BCUT2D eigenvalue weighted by Gasteiger charge is -2.18. The molecule has 2 N–H and O–H groups in total. The molecule has 0 amide bonds. The zero-order valence-electron chi connectivity index (χ0n) is 10.9. The summed E-state index contributed by atoms with van der Waals surface area (Å²) in [5.74, 6) is 1.40. The second-order valence-corrected chi connectivity index (χ2v) is 4.66. The molecule has 0 aliphatic rings. The molecule has 3 heteroatoms. The molecular weight excluding hydrogens is 200 g/mol. The van der Waals surface area contributed by atoms with Crippen molar-refractivity contribution in [3.8, 4) is 5.75 Å². The first kappa shape index (κ1) is 13.0.